The molecule has 0 aliphatic carbocycles. The van der Waals surface area contributed by atoms with Crippen molar-refractivity contribution in [2.75, 3.05) is 73.1 Å². The number of ether oxygens (including phenoxy) is 5. The van der Waals surface area contributed by atoms with Gasteiger partial charge in [-0.3, -0.25) is 4.79 Å². The van der Waals surface area contributed by atoms with Crippen molar-refractivity contribution in [1.82, 2.24) is 5.32 Å². The molecule has 0 saturated heterocycles. The van der Waals surface area contributed by atoms with Crippen molar-refractivity contribution in [3.8, 4) is 0 Å². The molecule has 7 nitrogen and oxygen atoms in total. The predicted molar refractivity (Wildman–Crippen MR) is 83.0 cm³/mol. The molecule has 22 heavy (non-hydrogen) atoms. The Hall–Kier alpha value is -0.990. The summed E-state index contributed by atoms with van der Waals surface area (Å²) in [6, 6.07) is 0. The molecule has 0 aliphatic rings. The van der Waals surface area contributed by atoms with E-state index in [2.05, 4.69) is 11.9 Å². The van der Waals surface area contributed by atoms with Crippen molar-refractivity contribution in [3.63, 3.8) is 0 Å². The third-order valence-electron chi connectivity index (χ3n) is 2.43. The fourth-order valence-corrected chi connectivity index (χ4v) is 1.32. The van der Waals surface area contributed by atoms with E-state index in [4.69, 9.17) is 23.7 Å². The van der Waals surface area contributed by atoms with Gasteiger partial charge in [-0.25, -0.2) is 0 Å². The molecule has 0 aromatic heterocycles. The Balaban J connectivity index is 3.05. The molecule has 0 unspecified atom stereocenters. The van der Waals surface area contributed by atoms with E-state index in [9.17, 15) is 4.79 Å². The molecule has 0 saturated carbocycles. The molecule has 0 aromatic carbocycles. The third-order valence-corrected chi connectivity index (χ3v) is 2.43. The maximum absolute atomic E-state index is 11.1. The summed E-state index contributed by atoms with van der Waals surface area (Å²) in [4.78, 5) is 11.1. The Morgan fingerprint density at radius 3 is 1.91 bits per heavy atom. The van der Waals surface area contributed by atoms with Gasteiger partial charge < -0.3 is 29.0 Å². The Kier molecular flexibility index (Phi) is 17.2. The van der Waals surface area contributed by atoms with Gasteiger partial charge in [0.25, 0.3) is 0 Å². The van der Waals surface area contributed by atoms with Gasteiger partial charge in [0.15, 0.2) is 0 Å². The number of rotatable bonds is 17. The second kappa shape index (κ2) is 18.1. The third kappa shape index (κ3) is 17.1. The van der Waals surface area contributed by atoms with Gasteiger partial charge in [0.2, 0.25) is 0 Å². The van der Waals surface area contributed by atoms with Crippen LogP contribution in [0.25, 0.3) is 0 Å². The first-order valence-corrected chi connectivity index (χ1v) is 7.53. The van der Waals surface area contributed by atoms with Crippen LogP contribution in [-0.4, -0.2) is 79.0 Å². The summed E-state index contributed by atoms with van der Waals surface area (Å²) in [6.45, 7) is 8.69. The highest BCUT2D eigenvalue weighted by atomic mass is 16.6. The first-order valence-electron chi connectivity index (χ1n) is 7.53. The Bertz CT molecular complexity index is 262. The molecule has 0 spiro atoms. The fraction of sp³-hybridized carbons (Fsp3) is 0.800. The van der Waals surface area contributed by atoms with Crippen LogP contribution in [0.1, 0.15) is 6.42 Å². The van der Waals surface area contributed by atoms with Crippen LogP contribution >= 0.6 is 0 Å². The molecule has 0 bridgehead atoms. The topological polar surface area (TPSA) is 75.3 Å². The smallest absolute Gasteiger partial charge is 0.308 e. The first-order chi connectivity index (χ1) is 10.8. The van der Waals surface area contributed by atoms with Gasteiger partial charge in [0, 0.05) is 6.54 Å². The summed E-state index contributed by atoms with van der Waals surface area (Å²) in [5.41, 5.74) is 0. The minimum atomic E-state index is -0.286. The molecule has 1 N–H and O–H groups in total. The highest BCUT2D eigenvalue weighted by Gasteiger charge is 2.00. The van der Waals surface area contributed by atoms with E-state index in [0.717, 1.165) is 6.54 Å². The second-order valence-corrected chi connectivity index (χ2v) is 4.27. The lowest BCUT2D eigenvalue weighted by atomic mass is 10.5. The maximum Gasteiger partial charge on any atom is 0.308 e. The fourth-order valence-electron chi connectivity index (χ4n) is 1.32. The van der Waals surface area contributed by atoms with Crippen LogP contribution in [0, 0.1) is 0 Å². The predicted octanol–water partition coefficient (Wildman–Crippen LogP) is 0.392. The van der Waals surface area contributed by atoms with Gasteiger partial charge in [-0.1, -0.05) is 12.7 Å². The Labute approximate surface area is 132 Å². The molecular weight excluding hydrogens is 290 g/mol. The van der Waals surface area contributed by atoms with Crippen molar-refractivity contribution in [3.05, 3.63) is 12.7 Å². The quantitative estimate of drug-likeness (QED) is 0.236. The van der Waals surface area contributed by atoms with E-state index in [0.29, 0.717) is 52.9 Å². The average Bonchev–Trinajstić information content (AvgIpc) is 2.53. The number of hydrogen-bond donors (Lipinski definition) is 1. The summed E-state index contributed by atoms with van der Waals surface area (Å²) < 4.78 is 26.0. The van der Waals surface area contributed by atoms with E-state index in [1.807, 2.05) is 7.05 Å². The number of carbonyl (C=O) groups is 1. The maximum atomic E-state index is 11.1. The van der Waals surface area contributed by atoms with Crippen molar-refractivity contribution in [2.45, 2.75) is 6.42 Å². The molecule has 7 heteroatoms. The first kappa shape index (κ1) is 21.0. The lowest BCUT2D eigenvalue weighted by molar-refractivity contribution is -0.143. The van der Waals surface area contributed by atoms with Crippen molar-refractivity contribution in [2.24, 2.45) is 0 Å². The van der Waals surface area contributed by atoms with E-state index in [1.54, 1.807) is 0 Å². The zero-order chi connectivity index (χ0) is 16.3. The summed E-state index contributed by atoms with van der Waals surface area (Å²) in [5.74, 6) is -0.286. The van der Waals surface area contributed by atoms with Crippen molar-refractivity contribution in [1.29, 1.82) is 0 Å². The molecule has 0 rings (SSSR count). The molecule has 0 aliphatic heterocycles. The van der Waals surface area contributed by atoms with Crippen LogP contribution in [0.3, 0.4) is 0 Å². The molecule has 0 heterocycles. The molecule has 0 amide bonds. The summed E-state index contributed by atoms with van der Waals surface area (Å²) >= 11 is 0. The zero-order valence-electron chi connectivity index (χ0n) is 13.5. The van der Waals surface area contributed by atoms with E-state index in [1.165, 1.54) is 6.08 Å². The normalized spacial score (nSPS) is 10.6. The van der Waals surface area contributed by atoms with Crippen molar-refractivity contribution >= 4 is 5.97 Å². The monoisotopic (exact) mass is 319 g/mol. The lowest BCUT2D eigenvalue weighted by Gasteiger charge is -2.07. The van der Waals surface area contributed by atoms with Crippen LogP contribution in [0.5, 0.6) is 0 Å². The molecule has 0 radical (unpaired) electrons. The average molecular weight is 319 g/mol. The molecular formula is C15H29NO6. The Morgan fingerprint density at radius 1 is 0.909 bits per heavy atom. The van der Waals surface area contributed by atoms with Crippen LogP contribution in [0.4, 0.5) is 0 Å². The number of likely N-dealkylation sites (N-methyl/N-ethyl adjacent to an activating group) is 1. The van der Waals surface area contributed by atoms with Crippen LogP contribution < -0.4 is 5.32 Å². The molecule has 130 valence electrons. The highest BCUT2D eigenvalue weighted by molar-refractivity contribution is 5.69. The minimum absolute atomic E-state index is 0.239. The van der Waals surface area contributed by atoms with Gasteiger partial charge in [0.05, 0.1) is 59.3 Å². The number of esters is 1. The Morgan fingerprint density at radius 2 is 1.41 bits per heavy atom. The number of carbonyl (C=O) groups excluding carboxylic acids is 1. The van der Waals surface area contributed by atoms with Gasteiger partial charge >= 0.3 is 5.97 Å². The summed E-state index contributed by atoms with van der Waals surface area (Å²) in [6.07, 6.45) is 1.77. The minimum Gasteiger partial charge on any atom is -0.461 e. The number of nitrogens with one attached hydrogen (secondary N) is 1. The SMILES string of the molecule is C=CCOC(=O)CCOCCOCCOCCOCCNC. The standard InChI is InChI=1S/C15H29NO6/c1-3-6-22-15(17)4-7-18-9-11-20-13-14-21-12-10-19-8-5-16-2/h3,16H,1,4-14H2,2H3. The molecule has 0 aromatic rings. The van der Waals surface area contributed by atoms with Gasteiger partial charge in [-0.05, 0) is 7.05 Å². The van der Waals surface area contributed by atoms with Crippen molar-refractivity contribution < 1.29 is 28.5 Å². The number of hydrogen-bond acceptors (Lipinski definition) is 7. The molecule has 0 fully saturated rings. The van der Waals surface area contributed by atoms with Crippen LogP contribution in [0.2, 0.25) is 0 Å². The summed E-state index contributed by atoms with van der Waals surface area (Å²) in [7, 11) is 1.88. The summed E-state index contributed by atoms with van der Waals surface area (Å²) in [5, 5.41) is 3.00. The largest absolute Gasteiger partial charge is 0.461 e. The highest BCUT2D eigenvalue weighted by Crippen LogP contribution is 1.89. The van der Waals surface area contributed by atoms with Gasteiger partial charge in [-0.15, -0.1) is 0 Å². The van der Waals surface area contributed by atoms with Gasteiger partial charge in [-0.2, -0.15) is 0 Å². The van der Waals surface area contributed by atoms with Crippen LogP contribution in [0.15, 0.2) is 12.7 Å². The zero-order valence-corrected chi connectivity index (χ0v) is 13.5. The molecule has 0 atom stereocenters. The second-order valence-electron chi connectivity index (χ2n) is 4.27. The van der Waals surface area contributed by atoms with Gasteiger partial charge in [0.1, 0.15) is 6.61 Å². The van der Waals surface area contributed by atoms with Crippen LogP contribution in [-0.2, 0) is 28.5 Å². The lowest BCUT2D eigenvalue weighted by Crippen LogP contribution is -2.17. The van der Waals surface area contributed by atoms with E-state index < -0.39 is 0 Å². The van der Waals surface area contributed by atoms with E-state index in [-0.39, 0.29) is 19.0 Å². The van der Waals surface area contributed by atoms with E-state index >= 15 is 0 Å².